The van der Waals surface area contributed by atoms with Crippen molar-refractivity contribution in [2.24, 2.45) is 0 Å². The molecule has 0 radical (unpaired) electrons. The van der Waals surface area contributed by atoms with E-state index in [0.717, 1.165) is 17.5 Å². The Hall–Kier alpha value is -0.240. The van der Waals surface area contributed by atoms with E-state index in [1.54, 1.807) is 13.2 Å². The van der Waals surface area contributed by atoms with Crippen LogP contribution in [0.3, 0.4) is 0 Å². The van der Waals surface area contributed by atoms with Crippen LogP contribution >= 0.6 is 15.9 Å². The van der Waals surface area contributed by atoms with Gasteiger partial charge in [-0.3, -0.25) is 0 Å². The van der Waals surface area contributed by atoms with Crippen LogP contribution in [-0.4, -0.2) is 12.4 Å². The fourth-order valence-corrected chi connectivity index (χ4v) is 1.13. The summed E-state index contributed by atoms with van der Waals surface area (Å²) in [6.07, 6.45) is 7.28. The van der Waals surface area contributed by atoms with E-state index >= 15 is 0 Å². The maximum Gasteiger partial charge on any atom is 0.114 e. The van der Waals surface area contributed by atoms with Crippen LogP contribution in [0.4, 0.5) is 0 Å². The van der Waals surface area contributed by atoms with Gasteiger partial charge < -0.3 is 4.74 Å². The molecule has 0 bridgehead atoms. The zero-order valence-corrected chi connectivity index (χ0v) is 8.56. The molecule has 1 nitrogen and oxygen atoms in total. The van der Waals surface area contributed by atoms with E-state index in [2.05, 4.69) is 28.6 Å². The number of hydrogen-bond acceptors (Lipinski definition) is 1. The van der Waals surface area contributed by atoms with Gasteiger partial charge in [-0.05, 0) is 31.4 Å². The average Bonchev–Trinajstić information content (AvgIpc) is 2.05. The van der Waals surface area contributed by atoms with Gasteiger partial charge in [0.15, 0.2) is 0 Å². The Kier molecular flexibility index (Phi) is 7.69. The third-order valence-corrected chi connectivity index (χ3v) is 1.93. The molecular formula is C9H15BrO. The number of alkyl halides is 1. The highest BCUT2D eigenvalue weighted by molar-refractivity contribution is 9.09. The SMILES string of the molecule is C=CC(=CCCCCBr)OC. The molecule has 0 saturated carbocycles. The Morgan fingerprint density at radius 3 is 2.73 bits per heavy atom. The van der Waals surface area contributed by atoms with Crippen LogP contribution in [0.1, 0.15) is 19.3 Å². The highest BCUT2D eigenvalue weighted by Gasteiger charge is 1.87. The summed E-state index contributed by atoms with van der Waals surface area (Å²) in [5, 5.41) is 1.08. The summed E-state index contributed by atoms with van der Waals surface area (Å²) < 4.78 is 5.01. The molecule has 0 aromatic carbocycles. The van der Waals surface area contributed by atoms with Gasteiger partial charge in [0.1, 0.15) is 5.76 Å². The van der Waals surface area contributed by atoms with Crippen LogP contribution in [0.5, 0.6) is 0 Å². The molecule has 0 aromatic rings. The summed E-state index contributed by atoms with van der Waals surface area (Å²) in [7, 11) is 1.66. The predicted molar refractivity (Wildman–Crippen MR) is 52.9 cm³/mol. The lowest BCUT2D eigenvalue weighted by Crippen LogP contribution is -1.81. The van der Waals surface area contributed by atoms with Crippen molar-refractivity contribution in [2.45, 2.75) is 19.3 Å². The summed E-state index contributed by atoms with van der Waals surface area (Å²) in [6.45, 7) is 3.63. The van der Waals surface area contributed by atoms with Crippen molar-refractivity contribution in [3.8, 4) is 0 Å². The Morgan fingerprint density at radius 1 is 1.55 bits per heavy atom. The lowest BCUT2D eigenvalue weighted by Gasteiger charge is -1.98. The summed E-state index contributed by atoms with van der Waals surface area (Å²) in [6, 6.07) is 0. The van der Waals surface area contributed by atoms with E-state index in [-0.39, 0.29) is 0 Å². The number of halogens is 1. The molecule has 0 N–H and O–H groups in total. The van der Waals surface area contributed by atoms with Crippen LogP contribution in [0, 0.1) is 0 Å². The predicted octanol–water partition coefficient (Wildman–Crippen LogP) is 3.27. The van der Waals surface area contributed by atoms with Gasteiger partial charge in [0.2, 0.25) is 0 Å². The summed E-state index contributed by atoms with van der Waals surface area (Å²) in [5.74, 6) is 0.875. The smallest absolute Gasteiger partial charge is 0.114 e. The molecule has 0 aliphatic heterocycles. The van der Waals surface area contributed by atoms with Crippen LogP contribution < -0.4 is 0 Å². The monoisotopic (exact) mass is 218 g/mol. The standard InChI is InChI=1S/C9H15BrO/c1-3-9(11-2)7-5-4-6-8-10/h3,7H,1,4-6,8H2,2H3. The number of methoxy groups -OCH3 is 1. The van der Waals surface area contributed by atoms with E-state index in [0.29, 0.717) is 0 Å². The second-order valence-corrected chi connectivity index (χ2v) is 2.99. The fourth-order valence-electron chi connectivity index (χ4n) is 0.733. The van der Waals surface area contributed by atoms with Crippen molar-refractivity contribution >= 4 is 15.9 Å². The van der Waals surface area contributed by atoms with Crippen molar-refractivity contribution in [2.75, 3.05) is 12.4 Å². The lowest BCUT2D eigenvalue weighted by atomic mass is 10.2. The number of unbranched alkanes of at least 4 members (excludes halogenated alkanes) is 2. The first-order valence-corrected chi connectivity index (χ1v) is 4.89. The number of rotatable bonds is 6. The molecule has 0 unspecified atom stereocenters. The van der Waals surface area contributed by atoms with E-state index in [9.17, 15) is 0 Å². The molecule has 2 heteroatoms. The number of hydrogen-bond donors (Lipinski definition) is 0. The molecular weight excluding hydrogens is 204 g/mol. The molecule has 0 aliphatic carbocycles. The first-order chi connectivity index (χ1) is 5.35. The van der Waals surface area contributed by atoms with Gasteiger partial charge in [0.05, 0.1) is 7.11 Å². The van der Waals surface area contributed by atoms with Gasteiger partial charge in [0, 0.05) is 5.33 Å². The first-order valence-electron chi connectivity index (χ1n) is 3.77. The number of allylic oxidation sites excluding steroid dienone is 2. The van der Waals surface area contributed by atoms with Crippen LogP contribution in [0.15, 0.2) is 24.5 Å². The van der Waals surface area contributed by atoms with E-state index < -0.39 is 0 Å². The molecule has 0 fully saturated rings. The van der Waals surface area contributed by atoms with Crippen molar-refractivity contribution in [1.29, 1.82) is 0 Å². The van der Waals surface area contributed by atoms with Gasteiger partial charge in [-0.25, -0.2) is 0 Å². The Bertz CT molecular complexity index is 130. The van der Waals surface area contributed by atoms with Crippen molar-refractivity contribution in [3.63, 3.8) is 0 Å². The lowest BCUT2D eigenvalue weighted by molar-refractivity contribution is 0.305. The van der Waals surface area contributed by atoms with Gasteiger partial charge >= 0.3 is 0 Å². The minimum Gasteiger partial charge on any atom is -0.497 e. The minimum absolute atomic E-state index is 0.875. The van der Waals surface area contributed by atoms with Crippen molar-refractivity contribution in [3.05, 3.63) is 24.5 Å². The maximum absolute atomic E-state index is 5.01. The molecule has 11 heavy (non-hydrogen) atoms. The Balaban J connectivity index is 3.44. The normalized spacial score (nSPS) is 11.3. The van der Waals surface area contributed by atoms with Gasteiger partial charge in [0.25, 0.3) is 0 Å². The van der Waals surface area contributed by atoms with Gasteiger partial charge in [-0.1, -0.05) is 22.5 Å². The number of ether oxygens (including phenoxy) is 1. The minimum atomic E-state index is 0.875. The topological polar surface area (TPSA) is 9.23 Å². The summed E-state index contributed by atoms with van der Waals surface area (Å²) in [5.41, 5.74) is 0. The molecule has 0 spiro atoms. The van der Waals surface area contributed by atoms with Gasteiger partial charge in [-0.2, -0.15) is 0 Å². The Morgan fingerprint density at radius 2 is 2.27 bits per heavy atom. The molecule has 64 valence electrons. The van der Waals surface area contributed by atoms with E-state index in [1.165, 1.54) is 12.8 Å². The highest BCUT2D eigenvalue weighted by atomic mass is 79.9. The van der Waals surface area contributed by atoms with Gasteiger partial charge in [-0.15, -0.1) is 0 Å². The summed E-state index contributed by atoms with van der Waals surface area (Å²) >= 11 is 3.38. The first kappa shape index (κ1) is 10.8. The fraction of sp³-hybridized carbons (Fsp3) is 0.556. The molecule has 0 rings (SSSR count). The van der Waals surface area contributed by atoms with E-state index in [1.807, 2.05) is 0 Å². The average molecular weight is 219 g/mol. The molecule has 0 atom stereocenters. The third-order valence-electron chi connectivity index (χ3n) is 1.37. The molecule has 0 amide bonds. The summed E-state index contributed by atoms with van der Waals surface area (Å²) in [4.78, 5) is 0. The second-order valence-electron chi connectivity index (χ2n) is 2.20. The zero-order valence-electron chi connectivity index (χ0n) is 6.98. The highest BCUT2D eigenvalue weighted by Crippen LogP contribution is 2.04. The quantitative estimate of drug-likeness (QED) is 0.288. The van der Waals surface area contributed by atoms with Crippen LogP contribution in [-0.2, 0) is 4.74 Å². The molecule has 0 aromatic heterocycles. The maximum atomic E-state index is 5.01. The Labute approximate surface area is 77.3 Å². The molecule has 0 heterocycles. The largest absolute Gasteiger partial charge is 0.497 e. The van der Waals surface area contributed by atoms with Crippen LogP contribution in [0.2, 0.25) is 0 Å². The van der Waals surface area contributed by atoms with E-state index in [4.69, 9.17) is 4.74 Å². The van der Waals surface area contributed by atoms with Crippen LogP contribution in [0.25, 0.3) is 0 Å². The van der Waals surface area contributed by atoms with Crippen molar-refractivity contribution in [1.82, 2.24) is 0 Å². The third kappa shape index (κ3) is 6.17. The second kappa shape index (κ2) is 7.86. The zero-order chi connectivity index (χ0) is 8.53. The van der Waals surface area contributed by atoms with Crippen molar-refractivity contribution < 1.29 is 4.74 Å². The molecule has 0 saturated heterocycles. The molecule has 0 aliphatic rings.